The summed E-state index contributed by atoms with van der Waals surface area (Å²) in [7, 11) is 0. The molecule has 1 fully saturated rings. The molecule has 6 nitrogen and oxygen atoms in total. The number of carbonyl (C=O) groups excluding carboxylic acids is 2. The number of thiophene rings is 1. The minimum absolute atomic E-state index is 0.122. The Bertz CT molecular complexity index is 898. The SMILES string of the molecule is Cc1c(C(=O)N2CCOCC2)sc(NC(=O)c2ccccc2F)c1C#N. The van der Waals surface area contributed by atoms with Crippen LogP contribution in [0.4, 0.5) is 9.39 Å². The molecule has 1 saturated heterocycles. The maximum atomic E-state index is 13.8. The van der Waals surface area contributed by atoms with Gasteiger partial charge in [-0.15, -0.1) is 11.3 Å². The quantitative estimate of drug-likeness (QED) is 0.897. The molecule has 8 heteroatoms. The normalized spacial score (nSPS) is 14.0. The maximum Gasteiger partial charge on any atom is 0.264 e. The lowest BCUT2D eigenvalue weighted by Gasteiger charge is -2.26. The van der Waals surface area contributed by atoms with E-state index in [1.54, 1.807) is 17.9 Å². The lowest BCUT2D eigenvalue weighted by Crippen LogP contribution is -2.40. The largest absolute Gasteiger partial charge is 0.378 e. The fourth-order valence-electron chi connectivity index (χ4n) is 2.67. The molecule has 1 N–H and O–H groups in total. The van der Waals surface area contributed by atoms with Gasteiger partial charge in [0.25, 0.3) is 11.8 Å². The van der Waals surface area contributed by atoms with Crippen molar-refractivity contribution >= 4 is 28.2 Å². The number of nitrogens with zero attached hydrogens (tertiary/aromatic N) is 2. The van der Waals surface area contributed by atoms with Crippen molar-refractivity contribution in [2.24, 2.45) is 0 Å². The Labute approximate surface area is 153 Å². The fourth-order valence-corrected chi connectivity index (χ4v) is 3.79. The zero-order chi connectivity index (χ0) is 18.7. The summed E-state index contributed by atoms with van der Waals surface area (Å²) in [5, 5.41) is 12.2. The van der Waals surface area contributed by atoms with Crippen molar-refractivity contribution < 1.29 is 18.7 Å². The van der Waals surface area contributed by atoms with Gasteiger partial charge in [0.1, 0.15) is 16.9 Å². The lowest BCUT2D eigenvalue weighted by molar-refractivity contribution is 0.0305. The van der Waals surface area contributed by atoms with E-state index < -0.39 is 11.7 Å². The highest BCUT2D eigenvalue weighted by molar-refractivity contribution is 7.18. The first kappa shape index (κ1) is 18.0. The Morgan fingerprint density at radius 2 is 2.00 bits per heavy atom. The number of morpholine rings is 1. The monoisotopic (exact) mass is 373 g/mol. The second kappa shape index (κ2) is 7.64. The van der Waals surface area contributed by atoms with Gasteiger partial charge in [-0.05, 0) is 24.6 Å². The van der Waals surface area contributed by atoms with Crippen molar-refractivity contribution in [1.82, 2.24) is 4.90 Å². The second-order valence-corrected chi connectivity index (χ2v) is 6.73. The molecule has 134 valence electrons. The van der Waals surface area contributed by atoms with Gasteiger partial charge in [-0.2, -0.15) is 5.26 Å². The molecule has 0 radical (unpaired) electrons. The van der Waals surface area contributed by atoms with E-state index in [1.165, 1.54) is 18.2 Å². The number of amides is 2. The summed E-state index contributed by atoms with van der Waals surface area (Å²) in [6.07, 6.45) is 0. The molecule has 2 heterocycles. The van der Waals surface area contributed by atoms with Crippen molar-refractivity contribution in [2.45, 2.75) is 6.92 Å². The number of rotatable bonds is 3. The van der Waals surface area contributed by atoms with Gasteiger partial charge in [-0.25, -0.2) is 4.39 Å². The van der Waals surface area contributed by atoms with E-state index >= 15 is 0 Å². The molecule has 1 aromatic carbocycles. The highest BCUT2D eigenvalue weighted by Gasteiger charge is 2.26. The van der Waals surface area contributed by atoms with Crippen LogP contribution in [-0.2, 0) is 4.74 Å². The summed E-state index contributed by atoms with van der Waals surface area (Å²) in [6, 6.07) is 7.60. The second-order valence-electron chi connectivity index (χ2n) is 5.71. The average Bonchev–Trinajstić information content (AvgIpc) is 2.97. The lowest BCUT2D eigenvalue weighted by atomic mass is 10.1. The van der Waals surface area contributed by atoms with Crippen LogP contribution in [0.5, 0.6) is 0 Å². The summed E-state index contributed by atoms with van der Waals surface area (Å²) < 4.78 is 19.0. The summed E-state index contributed by atoms with van der Waals surface area (Å²) >= 11 is 1.03. The number of hydrogen-bond donors (Lipinski definition) is 1. The van der Waals surface area contributed by atoms with Gasteiger partial charge in [0.05, 0.1) is 29.2 Å². The molecular weight excluding hydrogens is 357 g/mol. The molecule has 0 bridgehead atoms. The van der Waals surface area contributed by atoms with Gasteiger partial charge in [0.15, 0.2) is 0 Å². The van der Waals surface area contributed by atoms with Crippen LogP contribution in [0, 0.1) is 24.1 Å². The molecule has 2 amide bonds. The molecule has 3 rings (SSSR count). The van der Waals surface area contributed by atoms with Crippen LogP contribution in [0.15, 0.2) is 24.3 Å². The van der Waals surface area contributed by atoms with Crippen LogP contribution in [0.2, 0.25) is 0 Å². The number of anilines is 1. The Morgan fingerprint density at radius 3 is 2.65 bits per heavy atom. The summed E-state index contributed by atoms with van der Waals surface area (Å²) in [5.74, 6) is -1.51. The predicted octanol–water partition coefficient (Wildman–Crippen LogP) is 2.79. The summed E-state index contributed by atoms with van der Waals surface area (Å²) in [5.41, 5.74) is 0.609. The van der Waals surface area contributed by atoms with Crippen LogP contribution in [0.3, 0.4) is 0 Å². The highest BCUT2D eigenvalue weighted by atomic mass is 32.1. The minimum Gasteiger partial charge on any atom is -0.378 e. The van der Waals surface area contributed by atoms with E-state index in [-0.39, 0.29) is 22.0 Å². The maximum absolute atomic E-state index is 13.8. The van der Waals surface area contributed by atoms with Gasteiger partial charge < -0.3 is 15.0 Å². The molecule has 0 saturated carbocycles. The summed E-state index contributed by atoms with van der Waals surface area (Å²) in [4.78, 5) is 27.1. The molecular formula is C18H16FN3O3S. The molecule has 0 atom stereocenters. The minimum atomic E-state index is -0.661. The van der Waals surface area contributed by atoms with Crippen molar-refractivity contribution in [3.05, 3.63) is 51.7 Å². The van der Waals surface area contributed by atoms with Gasteiger partial charge >= 0.3 is 0 Å². The molecule has 0 aliphatic carbocycles. The van der Waals surface area contributed by atoms with E-state index in [2.05, 4.69) is 5.32 Å². The van der Waals surface area contributed by atoms with Gasteiger partial charge in [0, 0.05) is 13.1 Å². The zero-order valence-electron chi connectivity index (χ0n) is 14.0. The third kappa shape index (κ3) is 3.45. The topological polar surface area (TPSA) is 82.4 Å². The number of nitrogens with one attached hydrogen (secondary N) is 1. The standard InChI is InChI=1S/C18H16FN3O3S/c1-11-13(10-20)17(21-16(23)12-4-2-3-5-14(12)19)26-15(11)18(24)22-6-8-25-9-7-22/h2-5H,6-9H2,1H3,(H,21,23). The van der Waals surface area contributed by atoms with E-state index in [1.807, 2.05) is 6.07 Å². The average molecular weight is 373 g/mol. The Hall–Kier alpha value is -2.76. The van der Waals surface area contributed by atoms with Crippen molar-refractivity contribution in [3.63, 3.8) is 0 Å². The number of carbonyl (C=O) groups is 2. The van der Waals surface area contributed by atoms with E-state index in [0.717, 1.165) is 11.3 Å². The first-order valence-corrected chi connectivity index (χ1v) is 8.81. The predicted molar refractivity (Wildman–Crippen MR) is 94.8 cm³/mol. The smallest absolute Gasteiger partial charge is 0.264 e. The third-order valence-corrected chi connectivity index (χ3v) is 5.29. The number of nitriles is 1. The zero-order valence-corrected chi connectivity index (χ0v) is 14.9. The Morgan fingerprint density at radius 1 is 1.31 bits per heavy atom. The first-order chi connectivity index (χ1) is 12.5. The molecule has 2 aromatic rings. The van der Waals surface area contributed by atoms with Crippen molar-refractivity contribution in [1.29, 1.82) is 5.26 Å². The number of benzene rings is 1. The molecule has 1 aliphatic rings. The van der Waals surface area contributed by atoms with Crippen LogP contribution in [-0.4, -0.2) is 43.0 Å². The Kier molecular flexibility index (Phi) is 5.30. The van der Waals surface area contributed by atoms with Gasteiger partial charge in [-0.1, -0.05) is 12.1 Å². The highest BCUT2D eigenvalue weighted by Crippen LogP contribution is 2.34. The fraction of sp³-hybridized carbons (Fsp3) is 0.278. The summed E-state index contributed by atoms with van der Waals surface area (Å²) in [6.45, 7) is 3.57. The number of ether oxygens (including phenoxy) is 1. The van der Waals surface area contributed by atoms with Crippen LogP contribution >= 0.6 is 11.3 Å². The van der Waals surface area contributed by atoms with E-state index in [9.17, 15) is 19.2 Å². The van der Waals surface area contributed by atoms with Crippen molar-refractivity contribution in [2.75, 3.05) is 31.6 Å². The molecule has 26 heavy (non-hydrogen) atoms. The van der Waals surface area contributed by atoms with Crippen LogP contribution in [0.1, 0.15) is 31.2 Å². The molecule has 0 unspecified atom stereocenters. The number of halogens is 1. The molecule has 1 aromatic heterocycles. The van der Waals surface area contributed by atoms with Gasteiger partial charge in [-0.3, -0.25) is 9.59 Å². The van der Waals surface area contributed by atoms with Crippen molar-refractivity contribution in [3.8, 4) is 6.07 Å². The van der Waals surface area contributed by atoms with E-state index in [0.29, 0.717) is 36.7 Å². The van der Waals surface area contributed by atoms with Gasteiger partial charge in [0.2, 0.25) is 0 Å². The van der Waals surface area contributed by atoms with Crippen LogP contribution in [0.25, 0.3) is 0 Å². The van der Waals surface area contributed by atoms with E-state index in [4.69, 9.17) is 4.74 Å². The number of hydrogen-bond acceptors (Lipinski definition) is 5. The third-order valence-electron chi connectivity index (χ3n) is 4.10. The first-order valence-electron chi connectivity index (χ1n) is 7.99. The van der Waals surface area contributed by atoms with Crippen LogP contribution < -0.4 is 5.32 Å². The molecule has 0 spiro atoms. The molecule has 1 aliphatic heterocycles. The Balaban J connectivity index is 1.88.